The number of carbonyl (C=O) groups excluding carboxylic acids is 2. The lowest BCUT2D eigenvalue weighted by Crippen LogP contribution is -2.49. The van der Waals surface area contributed by atoms with Crippen LogP contribution >= 0.6 is 11.6 Å². The number of carbonyl (C=O) groups is 2. The quantitative estimate of drug-likeness (QED) is 0.638. The second-order valence-corrected chi connectivity index (χ2v) is 7.91. The SMILES string of the molecule is CCCNC(=O)[C@H](CC)N(Cc1ccc(Cl)cc1)C(=O)Cc1cc(C)ccc1C. The fraction of sp³-hybridized carbons (Fsp3) is 0.417. The van der Waals surface area contributed by atoms with Gasteiger partial charge in [-0.25, -0.2) is 0 Å². The summed E-state index contributed by atoms with van der Waals surface area (Å²) in [5.41, 5.74) is 4.15. The van der Waals surface area contributed by atoms with E-state index < -0.39 is 6.04 Å². The summed E-state index contributed by atoms with van der Waals surface area (Å²) in [4.78, 5) is 27.8. The van der Waals surface area contributed by atoms with Gasteiger partial charge in [-0.15, -0.1) is 0 Å². The predicted octanol–water partition coefficient (Wildman–Crippen LogP) is 4.83. The standard InChI is InChI=1S/C24H31ClN2O2/c1-5-13-26-24(29)22(6-2)27(16-19-9-11-21(25)12-10-19)23(28)15-20-14-17(3)7-8-18(20)4/h7-12,14,22H,5-6,13,15-16H2,1-4H3,(H,26,29)/t22-/m0/s1. The van der Waals surface area contributed by atoms with Gasteiger partial charge in [0.2, 0.25) is 11.8 Å². The van der Waals surface area contributed by atoms with Crippen molar-refractivity contribution in [3.05, 3.63) is 69.7 Å². The molecular weight excluding hydrogens is 384 g/mol. The van der Waals surface area contributed by atoms with Crippen LogP contribution in [0.15, 0.2) is 42.5 Å². The van der Waals surface area contributed by atoms with E-state index in [2.05, 4.69) is 5.32 Å². The van der Waals surface area contributed by atoms with E-state index in [0.717, 1.165) is 28.7 Å². The summed E-state index contributed by atoms with van der Waals surface area (Å²) in [6, 6.07) is 13.0. The first-order chi connectivity index (χ1) is 13.8. The highest BCUT2D eigenvalue weighted by Crippen LogP contribution is 2.18. The minimum atomic E-state index is -0.505. The maximum absolute atomic E-state index is 13.3. The van der Waals surface area contributed by atoms with E-state index in [1.165, 1.54) is 0 Å². The number of amides is 2. The van der Waals surface area contributed by atoms with Gasteiger partial charge in [-0.05, 0) is 55.5 Å². The Hall–Kier alpha value is -2.33. The lowest BCUT2D eigenvalue weighted by Gasteiger charge is -2.31. The molecule has 0 spiro atoms. The molecule has 1 atom stereocenters. The van der Waals surface area contributed by atoms with Crippen LogP contribution in [0.5, 0.6) is 0 Å². The zero-order valence-corrected chi connectivity index (χ0v) is 18.6. The third-order valence-corrected chi connectivity index (χ3v) is 5.30. The van der Waals surface area contributed by atoms with Crippen LogP contribution in [0.25, 0.3) is 0 Å². The number of hydrogen-bond acceptors (Lipinski definition) is 2. The Bertz CT molecular complexity index is 833. The Balaban J connectivity index is 2.30. The average molecular weight is 415 g/mol. The Morgan fingerprint density at radius 2 is 1.76 bits per heavy atom. The number of rotatable bonds is 9. The molecule has 0 aliphatic rings. The van der Waals surface area contributed by atoms with Crippen molar-refractivity contribution >= 4 is 23.4 Å². The van der Waals surface area contributed by atoms with Gasteiger partial charge < -0.3 is 10.2 Å². The van der Waals surface area contributed by atoms with Gasteiger partial charge in [0.15, 0.2) is 0 Å². The second kappa shape index (κ2) is 11.0. The first-order valence-corrected chi connectivity index (χ1v) is 10.6. The van der Waals surface area contributed by atoms with Crippen LogP contribution < -0.4 is 5.32 Å². The van der Waals surface area contributed by atoms with Crippen molar-refractivity contribution < 1.29 is 9.59 Å². The molecule has 1 N–H and O–H groups in total. The smallest absolute Gasteiger partial charge is 0.242 e. The third kappa shape index (κ3) is 6.60. The van der Waals surface area contributed by atoms with E-state index in [1.54, 1.807) is 4.90 Å². The minimum Gasteiger partial charge on any atom is -0.354 e. The highest BCUT2D eigenvalue weighted by atomic mass is 35.5. The minimum absolute atomic E-state index is 0.0489. The molecule has 0 radical (unpaired) electrons. The van der Waals surface area contributed by atoms with Crippen LogP contribution in [-0.2, 0) is 22.6 Å². The van der Waals surface area contributed by atoms with Crippen LogP contribution in [-0.4, -0.2) is 29.3 Å². The van der Waals surface area contributed by atoms with Crippen molar-refractivity contribution in [3.8, 4) is 0 Å². The molecule has 0 saturated heterocycles. The fourth-order valence-electron chi connectivity index (χ4n) is 3.33. The summed E-state index contributed by atoms with van der Waals surface area (Å²) in [7, 11) is 0. The molecular formula is C24H31ClN2O2. The monoisotopic (exact) mass is 414 g/mol. The van der Waals surface area contributed by atoms with E-state index in [9.17, 15) is 9.59 Å². The van der Waals surface area contributed by atoms with Gasteiger partial charge in [0.05, 0.1) is 6.42 Å². The number of hydrogen-bond donors (Lipinski definition) is 1. The first kappa shape index (κ1) is 23.0. The zero-order valence-electron chi connectivity index (χ0n) is 17.8. The van der Waals surface area contributed by atoms with Crippen molar-refractivity contribution in [2.24, 2.45) is 0 Å². The summed E-state index contributed by atoms with van der Waals surface area (Å²) in [6.45, 7) is 8.96. The van der Waals surface area contributed by atoms with Crippen LogP contribution in [0.1, 0.15) is 48.9 Å². The molecule has 2 aromatic rings. The lowest BCUT2D eigenvalue weighted by molar-refractivity contribution is -0.140. The molecule has 2 amide bonds. The van der Waals surface area contributed by atoms with Crippen molar-refractivity contribution in [2.75, 3.05) is 6.54 Å². The van der Waals surface area contributed by atoms with E-state index in [1.807, 2.05) is 70.2 Å². The summed E-state index contributed by atoms with van der Waals surface area (Å²) in [5, 5.41) is 3.59. The normalized spacial score (nSPS) is 11.8. The summed E-state index contributed by atoms with van der Waals surface area (Å²) in [6.07, 6.45) is 1.69. The van der Waals surface area contributed by atoms with Gasteiger partial charge in [-0.2, -0.15) is 0 Å². The van der Waals surface area contributed by atoms with Crippen LogP contribution in [0.2, 0.25) is 5.02 Å². The fourth-order valence-corrected chi connectivity index (χ4v) is 3.45. The van der Waals surface area contributed by atoms with E-state index in [0.29, 0.717) is 24.5 Å². The molecule has 2 aromatic carbocycles. The highest BCUT2D eigenvalue weighted by molar-refractivity contribution is 6.30. The van der Waals surface area contributed by atoms with Crippen LogP contribution in [0.3, 0.4) is 0 Å². The molecule has 0 aliphatic heterocycles. The molecule has 0 fully saturated rings. The van der Waals surface area contributed by atoms with Crippen LogP contribution in [0, 0.1) is 13.8 Å². The van der Waals surface area contributed by atoms with Gasteiger partial charge in [-0.3, -0.25) is 9.59 Å². The molecule has 5 heteroatoms. The van der Waals surface area contributed by atoms with E-state index >= 15 is 0 Å². The maximum atomic E-state index is 13.3. The average Bonchev–Trinajstić information content (AvgIpc) is 2.70. The van der Waals surface area contributed by atoms with E-state index in [4.69, 9.17) is 11.6 Å². The van der Waals surface area contributed by atoms with E-state index in [-0.39, 0.29) is 18.2 Å². The molecule has 0 unspecified atom stereocenters. The number of nitrogens with zero attached hydrogens (tertiary/aromatic N) is 1. The molecule has 156 valence electrons. The van der Waals surface area contributed by atoms with Crippen molar-refractivity contribution in [1.82, 2.24) is 10.2 Å². The first-order valence-electron chi connectivity index (χ1n) is 10.2. The number of aryl methyl sites for hydroxylation is 2. The van der Waals surface area contributed by atoms with Crippen molar-refractivity contribution in [3.63, 3.8) is 0 Å². The molecule has 0 heterocycles. The van der Waals surface area contributed by atoms with Gasteiger partial charge in [0.25, 0.3) is 0 Å². The largest absolute Gasteiger partial charge is 0.354 e. The summed E-state index contributed by atoms with van der Waals surface area (Å²) in [5.74, 6) is -0.148. The summed E-state index contributed by atoms with van der Waals surface area (Å²) >= 11 is 6.00. The number of benzene rings is 2. The molecule has 4 nitrogen and oxygen atoms in total. The van der Waals surface area contributed by atoms with Crippen LogP contribution in [0.4, 0.5) is 0 Å². The maximum Gasteiger partial charge on any atom is 0.242 e. The number of halogens is 1. The number of nitrogens with one attached hydrogen (secondary N) is 1. The third-order valence-electron chi connectivity index (χ3n) is 5.05. The molecule has 0 saturated carbocycles. The van der Waals surface area contributed by atoms with Crippen molar-refractivity contribution in [2.45, 2.75) is 59.5 Å². The Labute approximate surface area is 179 Å². The predicted molar refractivity (Wildman–Crippen MR) is 119 cm³/mol. The second-order valence-electron chi connectivity index (χ2n) is 7.47. The highest BCUT2D eigenvalue weighted by Gasteiger charge is 2.28. The molecule has 29 heavy (non-hydrogen) atoms. The van der Waals surface area contributed by atoms with Gasteiger partial charge >= 0.3 is 0 Å². The lowest BCUT2D eigenvalue weighted by atomic mass is 10.0. The van der Waals surface area contributed by atoms with Gasteiger partial charge in [0.1, 0.15) is 6.04 Å². The topological polar surface area (TPSA) is 49.4 Å². The Morgan fingerprint density at radius 1 is 1.07 bits per heavy atom. The molecule has 0 aromatic heterocycles. The molecule has 0 aliphatic carbocycles. The Kier molecular flexibility index (Phi) is 8.71. The summed E-state index contributed by atoms with van der Waals surface area (Å²) < 4.78 is 0. The zero-order chi connectivity index (χ0) is 21.4. The van der Waals surface area contributed by atoms with Crippen molar-refractivity contribution in [1.29, 1.82) is 0 Å². The van der Waals surface area contributed by atoms with Gasteiger partial charge in [-0.1, -0.05) is 61.3 Å². The molecule has 0 bridgehead atoms. The Morgan fingerprint density at radius 3 is 2.38 bits per heavy atom. The van der Waals surface area contributed by atoms with Gasteiger partial charge in [0, 0.05) is 18.1 Å². The molecule has 2 rings (SSSR count).